The van der Waals surface area contributed by atoms with Gasteiger partial charge in [-0.25, -0.2) is 0 Å². The summed E-state index contributed by atoms with van der Waals surface area (Å²) in [6.07, 6.45) is 4.75. The third kappa shape index (κ3) is 2.92. The van der Waals surface area contributed by atoms with Crippen LogP contribution in [0.15, 0.2) is 36.4 Å². The molecule has 0 fully saturated rings. The summed E-state index contributed by atoms with van der Waals surface area (Å²) in [6.45, 7) is 3.23. The van der Waals surface area contributed by atoms with Crippen molar-refractivity contribution in [3.63, 3.8) is 0 Å². The van der Waals surface area contributed by atoms with Gasteiger partial charge in [0, 0.05) is 12.1 Å². The van der Waals surface area contributed by atoms with E-state index in [9.17, 15) is 0 Å². The molecule has 2 aromatic rings. The zero-order valence-electron chi connectivity index (χ0n) is 15.0. The summed E-state index contributed by atoms with van der Waals surface area (Å²) in [5, 5.41) is 3.67. The van der Waals surface area contributed by atoms with Crippen molar-refractivity contribution < 1.29 is 14.2 Å². The number of hydrogen-bond donors (Lipinski definition) is 1. The molecular weight excluding hydrogens is 326 g/mol. The van der Waals surface area contributed by atoms with Crippen LogP contribution in [0.2, 0.25) is 0 Å². The van der Waals surface area contributed by atoms with E-state index < -0.39 is 0 Å². The zero-order valence-corrected chi connectivity index (χ0v) is 15.0. The average Bonchev–Trinajstić information content (AvgIpc) is 3.15. The van der Waals surface area contributed by atoms with E-state index in [1.165, 1.54) is 36.0 Å². The van der Waals surface area contributed by atoms with E-state index in [1.54, 1.807) is 0 Å². The van der Waals surface area contributed by atoms with Gasteiger partial charge in [-0.1, -0.05) is 18.2 Å². The van der Waals surface area contributed by atoms with Crippen LogP contribution in [0.3, 0.4) is 0 Å². The van der Waals surface area contributed by atoms with Crippen LogP contribution in [-0.2, 0) is 6.42 Å². The number of benzene rings is 2. The minimum Gasteiger partial charge on any atom is -0.493 e. The Labute approximate surface area is 154 Å². The highest BCUT2D eigenvalue weighted by Gasteiger charge is 2.31. The third-order valence-corrected chi connectivity index (χ3v) is 5.95. The van der Waals surface area contributed by atoms with Crippen LogP contribution >= 0.6 is 0 Å². The molecule has 1 N–H and O–H groups in total. The van der Waals surface area contributed by atoms with Crippen molar-refractivity contribution in [3.8, 4) is 17.2 Å². The highest BCUT2D eigenvalue weighted by molar-refractivity contribution is 5.47. The maximum atomic E-state index is 5.90. The van der Waals surface area contributed by atoms with Gasteiger partial charge in [0.1, 0.15) is 5.75 Å². The first-order valence-electron chi connectivity index (χ1n) is 9.73. The van der Waals surface area contributed by atoms with Gasteiger partial charge < -0.3 is 19.5 Å². The maximum Gasteiger partial charge on any atom is 0.231 e. The van der Waals surface area contributed by atoms with Gasteiger partial charge in [0.2, 0.25) is 6.79 Å². The fraction of sp³-hybridized carbons (Fsp3) is 0.455. The maximum absolute atomic E-state index is 5.90. The first-order chi connectivity index (χ1) is 12.9. The second-order valence-electron chi connectivity index (χ2n) is 7.51. The Hall–Kier alpha value is -2.20. The molecule has 2 atom stereocenters. The zero-order chi connectivity index (χ0) is 17.3. The lowest BCUT2D eigenvalue weighted by Crippen LogP contribution is -2.29. The summed E-state index contributed by atoms with van der Waals surface area (Å²) in [7, 11) is 0. The monoisotopic (exact) mass is 351 g/mol. The molecule has 0 saturated carbocycles. The second-order valence-corrected chi connectivity index (χ2v) is 7.51. The number of ether oxygens (including phenoxy) is 3. The lowest BCUT2D eigenvalue weighted by atomic mass is 9.74. The van der Waals surface area contributed by atoms with Crippen LogP contribution < -0.4 is 19.5 Å². The number of fused-ring (bicyclic) bond motifs is 1. The molecule has 26 heavy (non-hydrogen) atoms. The molecule has 2 aromatic carbocycles. The van der Waals surface area contributed by atoms with Gasteiger partial charge in [0.15, 0.2) is 11.5 Å². The molecule has 0 amide bonds. The van der Waals surface area contributed by atoms with Gasteiger partial charge >= 0.3 is 0 Å². The molecule has 136 valence electrons. The van der Waals surface area contributed by atoms with Crippen LogP contribution in [0.5, 0.6) is 17.2 Å². The molecule has 0 saturated heterocycles. The van der Waals surface area contributed by atoms with E-state index >= 15 is 0 Å². The van der Waals surface area contributed by atoms with E-state index in [0.717, 1.165) is 43.4 Å². The Balaban J connectivity index is 1.20. The van der Waals surface area contributed by atoms with Crippen molar-refractivity contribution in [1.82, 2.24) is 5.32 Å². The van der Waals surface area contributed by atoms with Gasteiger partial charge in [-0.3, -0.25) is 0 Å². The van der Waals surface area contributed by atoms with Crippen molar-refractivity contribution in [2.45, 2.75) is 37.5 Å². The van der Waals surface area contributed by atoms with Gasteiger partial charge in [0.05, 0.1) is 6.61 Å². The van der Waals surface area contributed by atoms with Gasteiger partial charge in [-0.15, -0.1) is 0 Å². The summed E-state index contributed by atoms with van der Waals surface area (Å²) in [5.41, 5.74) is 4.29. The number of nitrogens with one attached hydrogen (secondary N) is 1. The summed E-state index contributed by atoms with van der Waals surface area (Å²) < 4.78 is 16.7. The van der Waals surface area contributed by atoms with Crippen LogP contribution in [0.1, 0.15) is 47.8 Å². The van der Waals surface area contributed by atoms with E-state index in [4.69, 9.17) is 14.2 Å². The summed E-state index contributed by atoms with van der Waals surface area (Å²) in [6, 6.07) is 12.8. The highest BCUT2D eigenvalue weighted by atomic mass is 16.7. The summed E-state index contributed by atoms with van der Waals surface area (Å²) in [5.74, 6) is 4.16. The van der Waals surface area contributed by atoms with E-state index in [0.29, 0.717) is 18.6 Å². The second kappa shape index (κ2) is 6.84. The Morgan fingerprint density at radius 1 is 0.923 bits per heavy atom. The lowest BCUT2D eigenvalue weighted by molar-refractivity contribution is 0.174. The largest absolute Gasteiger partial charge is 0.493 e. The number of hydrogen-bond acceptors (Lipinski definition) is 4. The summed E-state index contributed by atoms with van der Waals surface area (Å²) >= 11 is 0. The highest BCUT2D eigenvalue weighted by Crippen LogP contribution is 2.46. The molecule has 5 rings (SSSR count). The third-order valence-electron chi connectivity index (χ3n) is 5.95. The molecule has 3 aliphatic rings. The topological polar surface area (TPSA) is 39.7 Å². The van der Waals surface area contributed by atoms with Crippen LogP contribution in [0, 0.1) is 0 Å². The van der Waals surface area contributed by atoms with Crippen LogP contribution in [0.4, 0.5) is 0 Å². The minimum absolute atomic E-state index is 0.338. The van der Waals surface area contributed by atoms with Gasteiger partial charge in [-0.2, -0.15) is 0 Å². The SMILES string of the molecule is c1cc2c3c(c1)[C@H](CNCCc1ccc4c(c1)OCO4)CC[C@H]3CCO2. The lowest BCUT2D eigenvalue weighted by Gasteiger charge is -2.36. The van der Waals surface area contributed by atoms with Crippen molar-refractivity contribution in [3.05, 3.63) is 53.1 Å². The molecule has 4 nitrogen and oxygen atoms in total. The van der Waals surface area contributed by atoms with Crippen molar-refractivity contribution in [2.24, 2.45) is 0 Å². The molecule has 0 bridgehead atoms. The van der Waals surface area contributed by atoms with E-state index in [2.05, 4.69) is 35.6 Å². The Morgan fingerprint density at radius 2 is 1.88 bits per heavy atom. The molecule has 2 heterocycles. The first kappa shape index (κ1) is 16.0. The average molecular weight is 351 g/mol. The standard InChI is InChI=1S/C22H25NO3/c1-2-18-17(6-5-16-9-11-24-20(3-1)22(16)18)13-23-10-8-15-4-7-19-21(12-15)26-14-25-19/h1-4,7,12,16-17,23H,5-6,8-11,13-14H2/t16-,17-/m0/s1. The quantitative estimate of drug-likeness (QED) is 0.827. The van der Waals surface area contributed by atoms with Crippen molar-refractivity contribution in [1.29, 1.82) is 0 Å². The predicted molar refractivity (Wildman–Crippen MR) is 100 cm³/mol. The predicted octanol–water partition coefficient (Wildman–Crippen LogP) is 3.99. The number of rotatable bonds is 5. The first-order valence-corrected chi connectivity index (χ1v) is 9.73. The Bertz CT molecular complexity index is 804. The van der Waals surface area contributed by atoms with Crippen LogP contribution in [-0.4, -0.2) is 26.5 Å². The fourth-order valence-electron chi connectivity index (χ4n) is 4.60. The smallest absolute Gasteiger partial charge is 0.231 e. The van der Waals surface area contributed by atoms with E-state index in [-0.39, 0.29) is 0 Å². The minimum atomic E-state index is 0.338. The molecule has 2 aliphatic heterocycles. The van der Waals surface area contributed by atoms with E-state index in [1.807, 2.05) is 6.07 Å². The summed E-state index contributed by atoms with van der Waals surface area (Å²) in [4.78, 5) is 0. The van der Waals surface area contributed by atoms with Crippen molar-refractivity contribution in [2.75, 3.05) is 26.5 Å². The molecular formula is C22H25NO3. The molecule has 0 unspecified atom stereocenters. The normalized spacial score (nSPS) is 22.6. The van der Waals surface area contributed by atoms with Crippen LogP contribution in [0.25, 0.3) is 0 Å². The molecule has 0 spiro atoms. The van der Waals surface area contributed by atoms with Gasteiger partial charge in [-0.05, 0) is 73.4 Å². The molecule has 1 aliphatic carbocycles. The van der Waals surface area contributed by atoms with Gasteiger partial charge in [0.25, 0.3) is 0 Å². The Kier molecular flexibility index (Phi) is 4.21. The van der Waals surface area contributed by atoms with Crippen molar-refractivity contribution >= 4 is 0 Å². The Morgan fingerprint density at radius 3 is 2.88 bits per heavy atom. The fourth-order valence-corrected chi connectivity index (χ4v) is 4.60. The molecule has 0 aromatic heterocycles. The molecule has 4 heteroatoms. The molecule has 0 radical (unpaired) electrons.